The summed E-state index contributed by atoms with van der Waals surface area (Å²) in [5.41, 5.74) is 0.610. The molecule has 0 aliphatic heterocycles. The van der Waals surface area contributed by atoms with Gasteiger partial charge in [0.1, 0.15) is 5.82 Å². The lowest BCUT2D eigenvalue weighted by atomic mass is 10.2. The molecule has 1 heterocycles. The van der Waals surface area contributed by atoms with Gasteiger partial charge in [-0.15, -0.1) is 0 Å². The normalized spacial score (nSPS) is 11.7. The van der Waals surface area contributed by atoms with E-state index in [0.717, 1.165) is 5.41 Å². The van der Waals surface area contributed by atoms with E-state index in [1.54, 1.807) is 30.3 Å². The summed E-state index contributed by atoms with van der Waals surface area (Å²) in [6.45, 7) is 0. The van der Waals surface area contributed by atoms with E-state index in [4.69, 9.17) is 23.2 Å². The Morgan fingerprint density at radius 2 is 1.90 bits per heavy atom. The van der Waals surface area contributed by atoms with Crippen LogP contribution in [0.3, 0.4) is 0 Å². The highest BCUT2D eigenvalue weighted by Crippen LogP contribution is 2.18. The SMILES string of the molecule is O=S(=O)(C=Cc1ccccc1Cl)Nc1cc(Cl)ccn1. The number of nitrogens with one attached hydrogen (secondary N) is 1. The number of nitrogens with zero attached hydrogens (tertiary/aromatic N) is 1. The van der Waals surface area contributed by atoms with Gasteiger partial charge in [-0.1, -0.05) is 41.4 Å². The Morgan fingerprint density at radius 1 is 1.15 bits per heavy atom. The fourth-order valence-electron chi connectivity index (χ4n) is 1.41. The highest BCUT2D eigenvalue weighted by Gasteiger charge is 2.07. The minimum absolute atomic E-state index is 0.154. The number of benzene rings is 1. The van der Waals surface area contributed by atoms with E-state index >= 15 is 0 Å². The predicted molar refractivity (Wildman–Crippen MR) is 82.3 cm³/mol. The van der Waals surface area contributed by atoms with Crippen molar-refractivity contribution in [1.82, 2.24) is 4.98 Å². The maximum Gasteiger partial charge on any atom is 0.256 e. The molecule has 20 heavy (non-hydrogen) atoms. The summed E-state index contributed by atoms with van der Waals surface area (Å²) < 4.78 is 26.0. The molecule has 0 spiro atoms. The molecule has 0 aliphatic carbocycles. The van der Waals surface area contributed by atoms with Crippen molar-refractivity contribution < 1.29 is 8.42 Å². The standard InChI is InChI=1S/C13H10Cl2N2O2S/c14-11-5-7-16-13(9-11)17-20(18,19)8-6-10-3-1-2-4-12(10)15/h1-9H,(H,16,17). The molecule has 0 bridgehead atoms. The zero-order valence-corrected chi connectivity index (χ0v) is 12.5. The Kier molecular flexibility index (Phi) is 4.65. The van der Waals surface area contributed by atoms with E-state index in [0.29, 0.717) is 15.6 Å². The molecule has 2 rings (SSSR count). The Balaban J connectivity index is 2.18. The number of aromatic nitrogens is 1. The van der Waals surface area contributed by atoms with Crippen molar-refractivity contribution in [2.45, 2.75) is 0 Å². The summed E-state index contributed by atoms with van der Waals surface area (Å²) >= 11 is 11.7. The lowest BCUT2D eigenvalue weighted by Gasteiger charge is -2.03. The largest absolute Gasteiger partial charge is 0.264 e. The van der Waals surface area contributed by atoms with Crippen molar-refractivity contribution in [3.05, 3.63) is 63.6 Å². The summed E-state index contributed by atoms with van der Waals surface area (Å²) in [6, 6.07) is 9.90. The quantitative estimate of drug-likeness (QED) is 0.928. The van der Waals surface area contributed by atoms with Gasteiger partial charge in [0.25, 0.3) is 10.0 Å². The lowest BCUT2D eigenvalue weighted by molar-refractivity contribution is 0.609. The van der Waals surface area contributed by atoms with Gasteiger partial charge in [0.2, 0.25) is 0 Å². The van der Waals surface area contributed by atoms with Gasteiger partial charge in [-0.05, 0) is 23.8 Å². The Hall–Kier alpha value is -1.56. The van der Waals surface area contributed by atoms with E-state index in [-0.39, 0.29) is 5.82 Å². The summed E-state index contributed by atoms with van der Waals surface area (Å²) in [5.74, 6) is 0.154. The molecule has 1 aromatic heterocycles. The average molecular weight is 329 g/mol. The minimum Gasteiger partial charge on any atom is -0.264 e. The summed E-state index contributed by atoms with van der Waals surface area (Å²) in [7, 11) is -3.68. The van der Waals surface area contributed by atoms with Gasteiger partial charge in [-0.2, -0.15) is 0 Å². The second-order valence-electron chi connectivity index (χ2n) is 3.83. The third-order valence-electron chi connectivity index (χ3n) is 2.30. The first kappa shape index (κ1) is 14.8. The van der Waals surface area contributed by atoms with E-state index in [1.165, 1.54) is 18.3 Å². The van der Waals surface area contributed by atoms with Crippen LogP contribution >= 0.6 is 23.2 Å². The van der Waals surface area contributed by atoms with Crippen LogP contribution in [0.15, 0.2) is 48.0 Å². The minimum atomic E-state index is -3.68. The van der Waals surface area contributed by atoms with Crippen LogP contribution in [0.2, 0.25) is 10.0 Å². The molecule has 0 amide bonds. The van der Waals surface area contributed by atoms with E-state index in [2.05, 4.69) is 9.71 Å². The van der Waals surface area contributed by atoms with E-state index in [1.807, 2.05) is 0 Å². The zero-order chi connectivity index (χ0) is 14.6. The van der Waals surface area contributed by atoms with Crippen LogP contribution in [0.1, 0.15) is 5.56 Å². The number of sulfonamides is 1. The van der Waals surface area contributed by atoms with Gasteiger partial charge >= 0.3 is 0 Å². The molecule has 0 aliphatic rings. The third-order valence-corrected chi connectivity index (χ3v) is 3.87. The van der Waals surface area contributed by atoms with E-state index in [9.17, 15) is 8.42 Å². The van der Waals surface area contributed by atoms with Gasteiger partial charge in [-0.25, -0.2) is 13.4 Å². The van der Waals surface area contributed by atoms with Gasteiger partial charge in [0, 0.05) is 22.3 Å². The highest BCUT2D eigenvalue weighted by molar-refractivity contribution is 7.95. The fourth-order valence-corrected chi connectivity index (χ4v) is 2.57. The number of hydrogen-bond donors (Lipinski definition) is 1. The fraction of sp³-hybridized carbons (Fsp3) is 0. The van der Waals surface area contributed by atoms with Crippen LogP contribution in [-0.4, -0.2) is 13.4 Å². The lowest BCUT2D eigenvalue weighted by Crippen LogP contribution is -2.09. The zero-order valence-electron chi connectivity index (χ0n) is 10.1. The molecule has 0 unspecified atom stereocenters. The van der Waals surface area contributed by atoms with Crippen molar-refractivity contribution in [1.29, 1.82) is 0 Å². The molecule has 1 N–H and O–H groups in total. The molecule has 0 fully saturated rings. The molecular formula is C13H10Cl2N2O2S. The van der Waals surface area contributed by atoms with Crippen molar-refractivity contribution >= 4 is 45.1 Å². The van der Waals surface area contributed by atoms with Crippen molar-refractivity contribution in [3.63, 3.8) is 0 Å². The number of pyridine rings is 1. The molecule has 2 aromatic rings. The average Bonchev–Trinajstić information content (AvgIpc) is 2.37. The number of halogens is 2. The van der Waals surface area contributed by atoms with Crippen LogP contribution in [0.5, 0.6) is 0 Å². The Morgan fingerprint density at radius 3 is 2.60 bits per heavy atom. The summed E-state index contributed by atoms with van der Waals surface area (Å²) in [5, 5.41) is 1.89. The van der Waals surface area contributed by atoms with Crippen molar-refractivity contribution in [3.8, 4) is 0 Å². The summed E-state index contributed by atoms with van der Waals surface area (Å²) in [4.78, 5) is 3.86. The molecule has 0 saturated heterocycles. The van der Waals surface area contributed by atoms with Crippen LogP contribution in [0.4, 0.5) is 5.82 Å². The van der Waals surface area contributed by atoms with Crippen LogP contribution in [0.25, 0.3) is 6.08 Å². The Bertz CT molecular complexity index is 746. The second kappa shape index (κ2) is 6.26. The van der Waals surface area contributed by atoms with Gasteiger partial charge in [-0.3, -0.25) is 4.72 Å². The van der Waals surface area contributed by atoms with Gasteiger partial charge in [0.05, 0.1) is 5.41 Å². The molecule has 7 heteroatoms. The molecule has 104 valence electrons. The first-order valence-corrected chi connectivity index (χ1v) is 7.83. The topological polar surface area (TPSA) is 59.1 Å². The molecule has 0 saturated carbocycles. The molecule has 0 atom stereocenters. The first-order chi connectivity index (χ1) is 9.46. The van der Waals surface area contributed by atoms with Crippen LogP contribution < -0.4 is 4.72 Å². The third kappa shape index (κ3) is 4.23. The van der Waals surface area contributed by atoms with E-state index < -0.39 is 10.0 Å². The van der Waals surface area contributed by atoms with Gasteiger partial charge < -0.3 is 0 Å². The molecule has 0 radical (unpaired) electrons. The van der Waals surface area contributed by atoms with Crippen LogP contribution in [-0.2, 0) is 10.0 Å². The predicted octanol–water partition coefficient (Wildman–Crippen LogP) is 3.80. The van der Waals surface area contributed by atoms with Crippen LogP contribution in [0, 0.1) is 0 Å². The number of anilines is 1. The monoisotopic (exact) mass is 328 g/mol. The molecule has 1 aromatic carbocycles. The molecular weight excluding hydrogens is 319 g/mol. The second-order valence-corrected chi connectivity index (χ2v) is 6.24. The number of rotatable bonds is 4. The smallest absolute Gasteiger partial charge is 0.256 e. The maximum absolute atomic E-state index is 11.9. The van der Waals surface area contributed by atoms with Crippen molar-refractivity contribution in [2.75, 3.05) is 4.72 Å². The number of hydrogen-bond acceptors (Lipinski definition) is 3. The first-order valence-electron chi connectivity index (χ1n) is 5.53. The van der Waals surface area contributed by atoms with Crippen molar-refractivity contribution in [2.24, 2.45) is 0 Å². The maximum atomic E-state index is 11.9. The van der Waals surface area contributed by atoms with Gasteiger partial charge in [0.15, 0.2) is 0 Å². The summed E-state index contributed by atoms with van der Waals surface area (Å²) in [6.07, 6.45) is 2.83. The Labute approximate surface area is 127 Å². The highest BCUT2D eigenvalue weighted by atomic mass is 35.5. The molecule has 4 nitrogen and oxygen atoms in total.